The van der Waals surface area contributed by atoms with E-state index in [9.17, 15) is 4.79 Å². The van der Waals surface area contributed by atoms with Gasteiger partial charge in [-0.3, -0.25) is 0 Å². The molecule has 100 valence electrons. The molecule has 0 saturated heterocycles. The van der Waals surface area contributed by atoms with E-state index in [-0.39, 0.29) is 5.97 Å². The Balaban J connectivity index is 2.32. The van der Waals surface area contributed by atoms with Gasteiger partial charge in [0.05, 0.1) is 13.7 Å². The first-order chi connectivity index (χ1) is 8.79. The molecule has 0 aliphatic rings. The van der Waals surface area contributed by atoms with Crippen molar-refractivity contribution in [2.24, 2.45) is 0 Å². The molecule has 3 nitrogen and oxygen atoms in total. The summed E-state index contributed by atoms with van der Waals surface area (Å²) >= 11 is 0. The van der Waals surface area contributed by atoms with Crippen LogP contribution in [0.2, 0.25) is 0 Å². The molecule has 0 aliphatic carbocycles. The molecule has 0 saturated carbocycles. The van der Waals surface area contributed by atoms with Gasteiger partial charge in [0, 0.05) is 0 Å². The fourth-order valence-corrected chi connectivity index (χ4v) is 1.76. The average molecular weight is 250 g/mol. The molecular weight excluding hydrogens is 228 g/mol. The zero-order valence-corrected chi connectivity index (χ0v) is 11.3. The number of hydrogen-bond acceptors (Lipinski definition) is 3. The Hall–Kier alpha value is -1.51. The van der Waals surface area contributed by atoms with Gasteiger partial charge in [-0.15, -0.1) is 0 Å². The van der Waals surface area contributed by atoms with E-state index in [0.29, 0.717) is 17.9 Å². The van der Waals surface area contributed by atoms with E-state index < -0.39 is 0 Å². The number of methoxy groups -OCH3 is 1. The Labute approximate surface area is 109 Å². The second-order valence-corrected chi connectivity index (χ2v) is 4.25. The van der Waals surface area contributed by atoms with Gasteiger partial charge >= 0.3 is 5.97 Å². The lowest BCUT2D eigenvalue weighted by atomic mass is 10.2. The number of carbonyl (C=O) groups excluding carboxylic acids is 1. The molecule has 0 amide bonds. The van der Waals surface area contributed by atoms with Crippen molar-refractivity contribution in [1.29, 1.82) is 0 Å². The van der Waals surface area contributed by atoms with Gasteiger partial charge in [-0.05, 0) is 18.6 Å². The van der Waals surface area contributed by atoms with Crippen LogP contribution in [0.25, 0.3) is 0 Å². The van der Waals surface area contributed by atoms with Crippen molar-refractivity contribution < 1.29 is 14.3 Å². The van der Waals surface area contributed by atoms with E-state index in [2.05, 4.69) is 6.92 Å². The first-order valence-electron chi connectivity index (χ1n) is 6.59. The molecule has 3 heteroatoms. The van der Waals surface area contributed by atoms with Gasteiger partial charge in [0.2, 0.25) is 0 Å². The Kier molecular flexibility index (Phi) is 6.92. The fraction of sp³-hybridized carbons (Fsp3) is 0.533. The molecule has 0 bridgehead atoms. The second kappa shape index (κ2) is 8.56. The molecular formula is C15H22O3. The van der Waals surface area contributed by atoms with Gasteiger partial charge in [-0.1, -0.05) is 44.7 Å². The van der Waals surface area contributed by atoms with Crippen LogP contribution in [0, 0.1) is 0 Å². The standard InChI is InChI=1S/C15H22O3/c1-3-4-5-6-9-12-18-15(16)13-10-7-8-11-14(13)17-2/h7-8,10-11H,3-6,9,12H2,1-2H3. The quantitative estimate of drug-likeness (QED) is 0.519. The number of hydrogen-bond donors (Lipinski definition) is 0. The van der Waals surface area contributed by atoms with E-state index in [1.807, 2.05) is 6.07 Å². The summed E-state index contributed by atoms with van der Waals surface area (Å²) in [6.07, 6.45) is 5.73. The highest BCUT2D eigenvalue weighted by Gasteiger charge is 2.12. The van der Waals surface area contributed by atoms with Gasteiger partial charge in [-0.25, -0.2) is 4.79 Å². The Morgan fingerprint density at radius 1 is 1.11 bits per heavy atom. The summed E-state index contributed by atoms with van der Waals surface area (Å²) in [5.41, 5.74) is 0.494. The summed E-state index contributed by atoms with van der Waals surface area (Å²) < 4.78 is 10.4. The Morgan fingerprint density at radius 2 is 1.83 bits per heavy atom. The highest BCUT2D eigenvalue weighted by molar-refractivity contribution is 5.92. The molecule has 1 rings (SSSR count). The Morgan fingerprint density at radius 3 is 2.56 bits per heavy atom. The third-order valence-corrected chi connectivity index (χ3v) is 2.81. The molecule has 0 unspecified atom stereocenters. The van der Waals surface area contributed by atoms with Crippen LogP contribution >= 0.6 is 0 Å². The van der Waals surface area contributed by atoms with Gasteiger partial charge < -0.3 is 9.47 Å². The molecule has 1 aromatic carbocycles. The van der Waals surface area contributed by atoms with Crippen LogP contribution in [-0.2, 0) is 4.74 Å². The summed E-state index contributed by atoms with van der Waals surface area (Å²) in [7, 11) is 1.55. The number of rotatable bonds is 8. The van der Waals surface area contributed by atoms with E-state index >= 15 is 0 Å². The van der Waals surface area contributed by atoms with Crippen LogP contribution in [0.4, 0.5) is 0 Å². The number of para-hydroxylation sites is 1. The molecule has 1 aromatic rings. The summed E-state index contributed by atoms with van der Waals surface area (Å²) in [4.78, 5) is 11.8. The maximum absolute atomic E-state index is 11.8. The van der Waals surface area contributed by atoms with Gasteiger partial charge in [-0.2, -0.15) is 0 Å². The molecule has 0 spiro atoms. The molecule has 0 heterocycles. The monoisotopic (exact) mass is 250 g/mol. The predicted octanol–water partition coefficient (Wildman–Crippen LogP) is 3.82. The summed E-state index contributed by atoms with van der Waals surface area (Å²) in [6.45, 7) is 2.67. The lowest BCUT2D eigenvalue weighted by Gasteiger charge is -2.08. The van der Waals surface area contributed by atoms with Gasteiger partial charge in [0.15, 0.2) is 0 Å². The summed E-state index contributed by atoms with van der Waals surface area (Å²) in [6, 6.07) is 7.12. The smallest absolute Gasteiger partial charge is 0.341 e. The maximum atomic E-state index is 11.8. The van der Waals surface area contributed by atoms with Crippen LogP contribution in [-0.4, -0.2) is 19.7 Å². The topological polar surface area (TPSA) is 35.5 Å². The van der Waals surface area contributed by atoms with E-state index in [0.717, 1.165) is 12.8 Å². The lowest BCUT2D eigenvalue weighted by molar-refractivity contribution is 0.0494. The maximum Gasteiger partial charge on any atom is 0.341 e. The lowest BCUT2D eigenvalue weighted by Crippen LogP contribution is -2.08. The van der Waals surface area contributed by atoms with E-state index in [1.54, 1.807) is 25.3 Å². The van der Waals surface area contributed by atoms with Crippen molar-refractivity contribution in [2.45, 2.75) is 39.0 Å². The van der Waals surface area contributed by atoms with E-state index in [4.69, 9.17) is 9.47 Å². The highest BCUT2D eigenvalue weighted by Crippen LogP contribution is 2.18. The number of esters is 1. The number of unbranched alkanes of at least 4 members (excludes halogenated alkanes) is 4. The summed E-state index contributed by atoms with van der Waals surface area (Å²) in [5, 5.41) is 0. The van der Waals surface area contributed by atoms with Gasteiger partial charge in [0.25, 0.3) is 0 Å². The van der Waals surface area contributed by atoms with Crippen LogP contribution in [0.5, 0.6) is 5.75 Å². The first kappa shape index (κ1) is 14.6. The third kappa shape index (κ3) is 4.78. The molecule has 0 radical (unpaired) electrons. The molecule has 0 atom stereocenters. The number of benzene rings is 1. The molecule has 18 heavy (non-hydrogen) atoms. The second-order valence-electron chi connectivity index (χ2n) is 4.25. The largest absolute Gasteiger partial charge is 0.496 e. The van der Waals surface area contributed by atoms with Crippen LogP contribution in [0.15, 0.2) is 24.3 Å². The van der Waals surface area contributed by atoms with Crippen molar-refractivity contribution in [3.63, 3.8) is 0 Å². The number of carbonyl (C=O) groups is 1. The minimum atomic E-state index is -0.303. The zero-order valence-electron chi connectivity index (χ0n) is 11.3. The van der Waals surface area contributed by atoms with Crippen LogP contribution in [0.3, 0.4) is 0 Å². The normalized spacial score (nSPS) is 10.1. The minimum absolute atomic E-state index is 0.303. The molecule has 0 fully saturated rings. The third-order valence-electron chi connectivity index (χ3n) is 2.81. The predicted molar refractivity (Wildman–Crippen MR) is 72.0 cm³/mol. The molecule has 0 N–H and O–H groups in total. The van der Waals surface area contributed by atoms with Crippen LogP contribution < -0.4 is 4.74 Å². The molecule has 0 aromatic heterocycles. The zero-order chi connectivity index (χ0) is 13.2. The van der Waals surface area contributed by atoms with Crippen molar-refractivity contribution in [1.82, 2.24) is 0 Å². The van der Waals surface area contributed by atoms with Crippen molar-refractivity contribution >= 4 is 5.97 Å². The number of ether oxygens (including phenoxy) is 2. The highest BCUT2D eigenvalue weighted by atomic mass is 16.5. The Bertz CT molecular complexity index is 361. The van der Waals surface area contributed by atoms with Crippen molar-refractivity contribution in [3.05, 3.63) is 29.8 Å². The SMILES string of the molecule is CCCCCCCOC(=O)c1ccccc1OC. The van der Waals surface area contributed by atoms with Crippen molar-refractivity contribution in [2.75, 3.05) is 13.7 Å². The van der Waals surface area contributed by atoms with E-state index in [1.165, 1.54) is 19.3 Å². The van der Waals surface area contributed by atoms with Crippen molar-refractivity contribution in [3.8, 4) is 5.75 Å². The fourth-order valence-electron chi connectivity index (χ4n) is 1.76. The first-order valence-corrected chi connectivity index (χ1v) is 6.59. The average Bonchev–Trinajstić information content (AvgIpc) is 2.42. The van der Waals surface area contributed by atoms with Crippen LogP contribution in [0.1, 0.15) is 49.4 Å². The van der Waals surface area contributed by atoms with Gasteiger partial charge in [0.1, 0.15) is 11.3 Å². The summed E-state index contributed by atoms with van der Waals surface area (Å²) in [5.74, 6) is 0.261. The minimum Gasteiger partial charge on any atom is -0.496 e. The molecule has 0 aliphatic heterocycles.